The molecule has 1 aromatic carbocycles. The van der Waals surface area contributed by atoms with Crippen molar-refractivity contribution >= 4 is 12.2 Å². The van der Waals surface area contributed by atoms with Gasteiger partial charge in [0.1, 0.15) is 18.0 Å². The van der Waals surface area contributed by atoms with Gasteiger partial charge in [0.05, 0.1) is 23.9 Å². The Morgan fingerprint density at radius 3 is 2.61 bits per heavy atom. The van der Waals surface area contributed by atoms with Crippen LogP contribution in [0.4, 0.5) is 0 Å². The van der Waals surface area contributed by atoms with Crippen LogP contribution in [0.5, 0.6) is 0 Å². The van der Waals surface area contributed by atoms with E-state index in [1.165, 1.54) is 10.5 Å². The van der Waals surface area contributed by atoms with E-state index >= 15 is 0 Å². The molecule has 0 fully saturated rings. The number of hydrogen-bond donors (Lipinski definition) is 2. The maximum absolute atomic E-state index is 12.4. The average molecular weight is 383 g/mol. The molecule has 6 nitrogen and oxygen atoms in total. The molecule has 2 aliphatic rings. The lowest BCUT2D eigenvalue weighted by Gasteiger charge is -2.39. The minimum absolute atomic E-state index is 0.0147. The summed E-state index contributed by atoms with van der Waals surface area (Å²) in [5.74, 6) is -0.235. The van der Waals surface area contributed by atoms with Crippen LogP contribution in [0.25, 0.3) is 0 Å². The molecular formula is C22H25NO5. The summed E-state index contributed by atoms with van der Waals surface area (Å²) in [7, 11) is 0. The van der Waals surface area contributed by atoms with Crippen molar-refractivity contribution in [1.29, 1.82) is 0 Å². The molecule has 0 bridgehead atoms. The number of Topliss-reactive ketones (excluding diaryl/α,β-unsaturated/α-hetero) is 1. The fourth-order valence-corrected chi connectivity index (χ4v) is 3.51. The second-order valence-electron chi connectivity index (χ2n) is 7.09. The molecule has 0 saturated heterocycles. The molecule has 1 aliphatic carbocycles. The highest BCUT2D eigenvalue weighted by molar-refractivity contribution is 6.03. The van der Waals surface area contributed by atoms with Crippen molar-refractivity contribution in [2.75, 3.05) is 6.61 Å². The van der Waals surface area contributed by atoms with E-state index in [0.717, 1.165) is 19.3 Å². The summed E-state index contributed by atoms with van der Waals surface area (Å²) in [6.07, 6.45) is 2.12. The van der Waals surface area contributed by atoms with Crippen molar-refractivity contribution in [3.05, 3.63) is 71.2 Å². The second-order valence-corrected chi connectivity index (χ2v) is 7.09. The van der Waals surface area contributed by atoms with Gasteiger partial charge >= 0.3 is 0 Å². The van der Waals surface area contributed by atoms with Crippen molar-refractivity contribution in [3.8, 4) is 0 Å². The first kappa shape index (κ1) is 20.0. The maximum Gasteiger partial charge on any atom is 0.214 e. The summed E-state index contributed by atoms with van der Waals surface area (Å²) in [6.45, 7) is 5.83. The van der Waals surface area contributed by atoms with Crippen LogP contribution in [0, 0.1) is 0 Å². The van der Waals surface area contributed by atoms with Crippen molar-refractivity contribution in [2.45, 2.75) is 44.4 Å². The Labute approximate surface area is 164 Å². The summed E-state index contributed by atoms with van der Waals surface area (Å²) in [5.41, 5.74) is 1.77. The van der Waals surface area contributed by atoms with Crippen LogP contribution in [0.3, 0.4) is 0 Å². The van der Waals surface area contributed by atoms with E-state index < -0.39 is 24.0 Å². The number of benzene rings is 1. The molecule has 0 aromatic heterocycles. The molecule has 1 heterocycles. The van der Waals surface area contributed by atoms with Gasteiger partial charge in [0.15, 0.2) is 5.78 Å². The number of unbranched alkanes of at least 4 members (excludes halogenated alkanes) is 1. The number of aliphatic hydroxyl groups excluding tert-OH is 2. The monoisotopic (exact) mass is 383 g/mol. The predicted octanol–water partition coefficient (Wildman–Crippen LogP) is 1.89. The molecule has 3 rings (SSSR count). The zero-order valence-corrected chi connectivity index (χ0v) is 15.9. The average Bonchev–Trinajstić information content (AvgIpc) is 2.70. The van der Waals surface area contributed by atoms with Crippen LogP contribution in [-0.4, -0.2) is 52.2 Å². The number of aryl methyl sites for hydroxylation is 1. The van der Waals surface area contributed by atoms with E-state index in [9.17, 15) is 19.8 Å². The Kier molecular flexibility index (Phi) is 6.11. The Hall–Kier alpha value is -2.70. The third kappa shape index (κ3) is 3.79. The van der Waals surface area contributed by atoms with Crippen molar-refractivity contribution < 1.29 is 24.5 Å². The molecule has 2 N–H and O–H groups in total. The fraction of sp³-hybridized carbons (Fsp3) is 0.364. The van der Waals surface area contributed by atoms with Gasteiger partial charge in [0.25, 0.3) is 0 Å². The summed E-state index contributed by atoms with van der Waals surface area (Å²) in [5, 5.41) is 20.6. The van der Waals surface area contributed by atoms with Gasteiger partial charge in [0.2, 0.25) is 6.41 Å². The molecule has 1 aromatic rings. The van der Waals surface area contributed by atoms with Crippen molar-refractivity contribution in [1.82, 2.24) is 4.90 Å². The third-order valence-electron chi connectivity index (χ3n) is 5.25. The van der Waals surface area contributed by atoms with E-state index in [1.54, 1.807) is 13.0 Å². The number of hydrogen-bond acceptors (Lipinski definition) is 5. The van der Waals surface area contributed by atoms with Gasteiger partial charge in [-0.3, -0.25) is 9.59 Å². The predicted molar refractivity (Wildman–Crippen MR) is 104 cm³/mol. The standard InChI is InChI=1S/C22H25NO5/c1-14-18(28-11-7-6-10-16-8-4-3-5-9-16)12-17-19(20(14)25)22(27)21(26)15(2)23(17)13-24/h3-5,8-9,12-13,15,20-21,25-26H,1,6-7,10-11H2,2H3. The Morgan fingerprint density at radius 1 is 1.21 bits per heavy atom. The number of ether oxygens (including phenoxy) is 1. The maximum atomic E-state index is 12.4. The van der Waals surface area contributed by atoms with Gasteiger partial charge < -0.3 is 19.8 Å². The lowest BCUT2D eigenvalue weighted by Crippen LogP contribution is -2.52. The van der Waals surface area contributed by atoms with Crippen molar-refractivity contribution in [3.63, 3.8) is 0 Å². The van der Waals surface area contributed by atoms with Crippen LogP contribution < -0.4 is 0 Å². The fourth-order valence-electron chi connectivity index (χ4n) is 3.51. The van der Waals surface area contributed by atoms with Crippen LogP contribution >= 0.6 is 0 Å². The molecule has 6 heteroatoms. The van der Waals surface area contributed by atoms with Gasteiger partial charge in [-0.05, 0) is 31.7 Å². The summed E-state index contributed by atoms with van der Waals surface area (Å²) >= 11 is 0. The Morgan fingerprint density at radius 2 is 1.93 bits per heavy atom. The van der Waals surface area contributed by atoms with Crippen LogP contribution in [0.2, 0.25) is 0 Å². The molecule has 3 atom stereocenters. The summed E-state index contributed by atoms with van der Waals surface area (Å²) in [4.78, 5) is 25.2. The molecule has 1 aliphatic heterocycles. The number of amides is 1. The molecule has 28 heavy (non-hydrogen) atoms. The molecule has 148 valence electrons. The lowest BCUT2D eigenvalue weighted by atomic mass is 9.83. The second kappa shape index (κ2) is 8.54. The molecule has 0 saturated carbocycles. The van der Waals surface area contributed by atoms with Gasteiger partial charge in [-0.2, -0.15) is 0 Å². The summed E-state index contributed by atoms with van der Waals surface area (Å²) < 4.78 is 5.79. The first-order valence-electron chi connectivity index (χ1n) is 9.41. The quantitative estimate of drug-likeness (QED) is 0.555. The van der Waals surface area contributed by atoms with Gasteiger partial charge in [-0.15, -0.1) is 0 Å². The number of aliphatic hydroxyl groups is 2. The van der Waals surface area contributed by atoms with Crippen molar-refractivity contribution in [2.24, 2.45) is 0 Å². The SMILES string of the molecule is C=C1C(OCCCCc2ccccc2)=CC2=C(C(=O)C(O)C(C)N2C=O)C1O. The van der Waals surface area contributed by atoms with Gasteiger partial charge in [0, 0.05) is 11.6 Å². The summed E-state index contributed by atoms with van der Waals surface area (Å²) in [6, 6.07) is 9.46. The number of allylic oxidation sites excluding steroid dienone is 1. The zero-order chi connectivity index (χ0) is 20.3. The normalized spacial score (nSPS) is 24.8. The number of rotatable bonds is 7. The van der Waals surface area contributed by atoms with E-state index in [1.807, 2.05) is 18.2 Å². The molecule has 0 radical (unpaired) electrons. The highest BCUT2D eigenvalue weighted by Crippen LogP contribution is 2.36. The zero-order valence-electron chi connectivity index (χ0n) is 15.9. The third-order valence-corrected chi connectivity index (χ3v) is 5.25. The van der Waals surface area contributed by atoms with E-state index in [2.05, 4.69) is 18.7 Å². The lowest BCUT2D eigenvalue weighted by molar-refractivity contribution is -0.132. The number of ketones is 1. The Bertz CT molecular complexity index is 827. The number of carbonyl (C=O) groups excluding carboxylic acids is 2. The minimum atomic E-state index is -1.37. The highest BCUT2D eigenvalue weighted by atomic mass is 16.5. The van der Waals surface area contributed by atoms with Crippen LogP contribution in [0.1, 0.15) is 25.3 Å². The van der Waals surface area contributed by atoms with Gasteiger partial charge in [-0.1, -0.05) is 36.9 Å². The smallest absolute Gasteiger partial charge is 0.214 e. The van der Waals surface area contributed by atoms with E-state index in [4.69, 9.17) is 4.74 Å². The molecule has 1 amide bonds. The highest BCUT2D eigenvalue weighted by Gasteiger charge is 2.43. The molecule has 3 unspecified atom stereocenters. The first-order valence-corrected chi connectivity index (χ1v) is 9.41. The van der Waals surface area contributed by atoms with Crippen LogP contribution in [0.15, 0.2) is 65.6 Å². The van der Waals surface area contributed by atoms with Gasteiger partial charge in [-0.25, -0.2) is 0 Å². The van der Waals surface area contributed by atoms with Crippen LogP contribution in [-0.2, 0) is 20.7 Å². The molecular weight excluding hydrogens is 358 g/mol. The number of nitrogens with zero attached hydrogens (tertiary/aromatic N) is 1. The van der Waals surface area contributed by atoms with E-state index in [0.29, 0.717) is 18.8 Å². The largest absolute Gasteiger partial charge is 0.493 e. The minimum Gasteiger partial charge on any atom is -0.493 e. The topological polar surface area (TPSA) is 87.1 Å². The Balaban J connectivity index is 1.68. The molecule has 0 spiro atoms. The first-order chi connectivity index (χ1) is 13.5. The number of carbonyl (C=O) groups is 2. The van der Waals surface area contributed by atoms with E-state index in [-0.39, 0.29) is 16.8 Å².